The van der Waals surface area contributed by atoms with Crippen molar-refractivity contribution in [1.29, 1.82) is 0 Å². The normalized spacial score (nSPS) is 10.9. The number of carbonyl (C=O) groups excluding carboxylic acids is 1. The zero-order valence-corrected chi connectivity index (χ0v) is 22.1. The number of anilines is 1. The van der Waals surface area contributed by atoms with E-state index in [-0.39, 0.29) is 5.91 Å². The summed E-state index contributed by atoms with van der Waals surface area (Å²) in [7, 11) is 4.61. The maximum atomic E-state index is 12.5. The molecule has 10 nitrogen and oxygen atoms in total. The van der Waals surface area contributed by atoms with E-state index in [1.54, 1.807) is 60.1 Å². The van der Waals surface area contributed by atoms with Crippen LogP contribution in [0.3, 0.4) is 0 Å². The lowest BCUT2D eigenvalue weighted by molar-refractivity contribution is -0.111. The molecular formula is C28H29N5O5. The quantitative estimate of drug-likeness (QED) is 0.308. The summed E-state index contributed by atoms with van der Waals surface area (Å²) in [5, 5.41) is 7.30. The fourth-order valence-corrected chi connectivity index (χ4v) is 3.83. The number of amides is 1. The number of rotatable bonds is 9. The second-order valence-corrected chi connectivity index (χ2v) is 8.36. The predicted molar refractivity (Wildman–Crippen MR) is 144 cm³/mol. The average molecular weight is 516 g/mol. The summed E-state index contributed by atoms with van der Waals surface area (Å²) >= 11 is 0. The molecule has 4 aromatic rings. The van der Waals surface area contributed by atoms with Crippen LogP contribution in [-0.2, 0) is 4.79 Å². The van der Waals surface area contributed by atoms with Crippen LogP contribution in [0.25, 0.3) is 11.9 Å². The standard InChI is InChI=1S/C28H29N5O5/c1-17-13-18(2)33(32-17)25-16-27(30-19(3)29-25)38-22-10-8-21(9-11-22)31-26(34)12-7-20-14-23(35-4)28(37-6)24(15-20)36-5/h7-16H,1-6H3,(H,31,34)/b12-7+. The highest BCUT2D eigenvalue weighted by atomic mass is 16.5. The van der Waals surface area contributed by atoms with Gasteiger partial charge >= 0.3 is 0 Å². The number of hydrogen-bond acceptors (Lipinski definition) is 8. The SMILES string of the molecule is COc1cc(/C=C/C(=O)Nc2ccc(Oc3cc(-n4nc(C)cc4C)nc(C)n3)cc2)cc(OC)c1OC. The Hall–Kier alpha value is -4.86. The zero-order valence-electron chi connectivity index (χ0n) is 22.1. The maximum Gasteiger partial charge on any atom is 0.248 e. The van der Waals surface area contributed by atoms with Gasteiger partial charge in [-0.25, -0.2) is 9.67 Å². The zero-order chi connectivity index (χ0) is 27.2. The van der Waals surface area contributed by atoms with Gasteiger partial charge in [-0.2, -0.15) is 10.1 Å². The summed E-state index contributed by atoms with van der Waals surface area (Å²) < 4.78 is 23.7. The molecule has 0 saturated carbocycles. The lowest BCUT2D eigenvalue weighted by Crippen LogP contribution is -2.07. The van der Waals surface area contributed by atoms with E-state index >= 15 is 0 Å². The van der Waals surface area contributed by atoms with E-state index in [1.807, 2.05) is 19.9 Å². The molecule has 0 aliphatic carbocycles. The van der Waals surface area contributed by atoms with Crippen LogP contribution >= 0.6 is 0 Å². The molecule has 0 aliphatic rings. The summed E-state index contributed by atoms with van der Waals surface area (Å²) in [6.45, 7) is 5.69. The van der Waals surface area contributed by atoms with Crippen molar-refractivity contribution in [3.63, 3.8) is 0 Å². The van der Waals surface area contributed by atoms with Crippen molar-refractivity contribution < 1.29 is 23.7 Å². The number of benzene rings is 2. The Morgan fingerprint density at radius 1 is 0.895 bits per heavy atom. The van der Waals surface area contributed by atoms with E-state index < -0.39 is 0 Å². The Morgan fingerprint density at radius 3 is 2.16 bits per heavy atom. The van der Waals surface area contributed by atoms with Gasteiger partial charge in [0.15, 0.2) is 17.3 Å². The fourth-order valence-electron chi connectivity index (χ4n) is 3.83. The van der Waals surface area contributed by atoms with Gasteiger partial charge in [0.25, 0.3) is 0 Å². The summed E-state index contributed by atoms with van der Waals surface area (Å²) in [6, 6.07) is 14.2. The van der Waals surface area contributed by atoms with Crippen molar-refractivity contribution in [2.75, 3.05) is 26.6 Å². The number of nitrogens with zero attached hydrogens (tertiary/aromatic N) is 4. The van der Waals surface area contributed by atoms with E-state index in [1.165, 1.54) is 27.4 Å². The minimum atomic E-state index is -0.298. The van der Waals surface area contributed by atoms with Crippen LogP contribution in [0.4, 0.5) is 5.69 Å². The lowest BCUT2D eigenvalue weighted by Gasteiger charge is -2.12. The summed E-state index contributed by atoms with van der Waals surface area (Å²) in [6.07, 6.45) is 3.09. The van der Waals surface area contributed by atoms with Gasteiger partial charge in [0, 0.05) is 23.5 Å². The minimum Gasteiger partial charge on any atom is -0.493 e. The molecule has 10 heteroatoms. The van der Waals surface area contributed by atoms with E-state index in [4.69, 9.17) is 18.9 Å². The second kappa shape index (κ2) is 11.5. The molecule has 0 atom stereocenters. The number of nitrogens with one attached hydrogen (secondary N) is 1. The first-order chi connectivity index (χ1) is 18.3. The molecule has 0 spiro atoms. The van der Waals surface area contributed by atoms with Gasteiger partial charge < -0.3 is 24.3 Å². The van der Waals surface area contributed by atoms with Crippen molar-refractivity contribution in [2.24, 2.45) is 0 Å². The monoisotopic (exact) mass is 515 g/mol. The Kier molecular flexibility index (Phi) is 7.91. The average Bonchev–Trinajstić information content (AvgIpc) is 3.25. The van der Waals surface area contributed by atoms with Gasteiger partial charge in [-0.1, -0.05) is 0 Å². The first-order valence-corrected chi connectivity index (χ1v) is 11.8. The molecule has 2 heterocycles. The smallest absolute Gasteiger partial charge is 0.248 e. The van der Waals surface area contributed by atoms with Crippen molar-refractivity contribution in [1.82, 2.24) is 19.7 Å². The third kappa shape index (κ3) is 6.09. The van der Waals surface area contributed by atoms with Crippen LogP contribution < -0.4 is 24.3 Å². The van der Waals surface area contributed by atoms with E-state index in [9.17, 15) is 4.79 Å². The predicted octanol–water partition coefficient (Wildman–Crippen LogP) is 5.06. The molecule has 1 N–H and O–H groups in total. The molecule has 0 bridgehead atoms. The molecule has 38 heavy (non-hydrogen) atoms. The number of aryl methyl sites for hydroxylation is 3. The summed E-state index contributed by atoms with van der Waals surface area (Å²) in [4.78, 5) is 21.3. The highest BCUT2D eigenvalue weighted by Gasteiger charge is 2.13. The van der Waals surface area contributed by atoms with Gasteiger partial charge in [-0.3, -0.25) is 4.79 Å². The second-order valence-electron chi connectivity index (χ2n) is 8.36. The van der Waals surface area contributed by atoms with Crippen LogP contribution in [-0.4, -0.2) is 47.0 Å². The Labute approximate surface area is 220 Å². The Bertz CT molecular complexity index is 1450. The molecule has 0 unspecified atom stereocenters. The highest BCUT2D eigenvalue weighted by molar-refractivity contribution is 6.02. The minimum absolute atomic E-state index is 0.298. The van der Waals surface area contributed by atoms with Crippen LogP contribution in [0.2, 0.25) is 0 Å². The molecule has 1 amide bonds. The number of carbonyl (C=O) groups is 1. The van der Waals surface area contributed by atoms with Gasteiger partial charge in [0.05, 0.1) is 27.0 Å². The number of ether oxygens (including phenoxy) is 4. The fraction of sp³-hybridized carbons (Fsp3) is 0.214. The van der Waals surface area contributed by atoms with Crippen molar-refractivity contribution in [2.45, 2.75) is 20.8 Å². The third-order valence-electron chi connectivity index (χ3n) is 5.49. The maximum absolute atomic E-state index is 12.5. The van der Waals surface area contributed by atoms with Crippen LogP contribution in [0.15, 0.2) is 54.6 Å². The third-order valence-corrected chi connectivity index (χ3v) is 5.49. The molecular weight excluding hydrogens is 486 g/mol. The summed E-state index contributed by atoms with van der Waals surface area (Å²) in [5.41, 5.74) is 3.19. The van der Waals surface area contributed by atoms with Crippen LogP contribution in [0, 0.1) is 20.8 Å². The molecule has 0 saturated heterocycles. The molecule has 2 aromatic heterocycles. The van der Waals surface area contributed by atoms with Gasteiger partial charge in [-0.15, -0.1) is 0 Å². The topological polar surface area (TPSA) is 110 Å². The van der Waals surface area contributed by atoms with Crippen LogP contribution in [0.5, 0.6) is 28.9 Å². The van der Waals surface area contributed by atoms with E-state index in [2.05, 4.69) is 20.4 Å². The Balaban J connectivity index is 1.42. The number of methoxy groups -OCH3 is 3. The van der Waals surface area contributed by atoms with Gasteiger partial charge in [-0.05, 0) is 74.9 Å². The summed E-state index contributed by atoms with van der Waals surface area (Å²) in [5.74, 6) is 3.34. The van der Waals surface area contributed by atoms with Crippen molar-refractivity contribution in [3.05, 3.63) is 77.4 Å². The first kappa shape index (κ1) is 26.2. The molecule has 4 rings (SSSR count). The Morgan fingerprint density at radius 2 is 1.58 bits per heavy atom. The largest absolute Gasteiger partial charge is 0.493 e. The van der Waals surface area contributed by atoms with E-state index in [0.29, 0.717) is 46.2 Å². The van der Waals surface area contributed by atoms with Crippen molar-refractivity contribution >= 4 is 17.7 Å². The molecule has 0 aliphatic heterocycles. The van der Waals surface area contributed by atoms with Gasteiger partial charge in [0.2, 0.25) is 17.5 Å². The van der Waals surface area contributed by atoms with Crippen molar-refractivity contribution in [3.8, 4) is 34.7 Å². The van der Waals surface area contributed by atoms with E-state index in [0.717, 1.165) is 17.0 Å². The molecule has 2 aromatic carbocycles. The molecule has 196 valence electrons. The number of hydrogen-bond donors (Lipinski definition) is 1. The molecule has 0 radical (unpaired) electrons. The highest BCUT2D eigenvalue weighted by Crippen LogP contribution is 2.38. The number of aromatic nitrogens is 4. The van der Waals surface area contributed by atoms with Crippen LogP contribution in [0.1, 0.15) is 22.8 Å². The van der Waals surface area contributed by atoms with Gasteiger partial charge in [0.1, 0.15) is 11.6 Å². The lowest BCUT2D eigenvalue weighted by atomic mass is 10.1. The first-order valence-electron chi connectivity index (χ1n) is 11.8. The molecule has 0 fully saturated rings.